The number of ketones is 1. The van der Waals surface area contributed by atoms with E-state index in [0.29, 0.717) is 17.2 Å². The van der Waals surface area contributed by atoms with Gasteiger partial charge in [0.15, 0.2) is 23.0 Å². The summed E-state index contributed by atoms with van der Waals surface area (Å²) in [5.41, 5.74) is -2.38. The van der Waals surface area contributed by atoms with Gasteiger partial charge < -0.3 is 19.9 Å². The number of methoxy groups -OCH3 is 1. The van der Waals surface area contributed by atoms with E-state index in [9.17, 15) is 5.11 Å². The first-order valence-corrected chi connectivity index (χ1v) is 17.4. The monoisotopic (exact) mass is 673 g/mol. The van der Waals surface area contributed by atoms with Crippen LogP contribution in [0.15, 0.2) is 103 Å². The number of hydrogen-bond donors (Lipinski definition) is 3. The fraction of sp³-hybridized carbons (Fsp3) is 0.341. The van der Waals surface area contributed by atoms with Crippen LogP contribution in [0.4, 0.5) is 5.69 Å². The zero-order valence-corrected chi connectivity index (χ0v) is 28.6. The van der Waals surface area contributed by atoms with Crippen molar-refractivity contribution in [3.8, 4) is 11.5 Å². The number of fused-ring (bicyclic) bond motifs is 1. The minimum Gasteiger partial charge on any atom is -0.497 e. The van der Waals surface area contributed by atoms with Gasteiger partial charge in [-0.15, -0.1) is 0 Å². The molecule has 1 saturated heterocycles. The summed E-state index contributed by atoms with van der Waals surface area (Å²) < 4.78 is 12.2. The van der Waals surface area contributed by atoms with Gasteiger partial charge in [-0.2, -0.15) is 0 Å². The number of para-hydroxylation sites is 1. The van der Waals surface area contributed by atoms with Crippen LogP contribution >= 0.6 is 0 Å². The van der Waals surface area contributed by atoms with E-state index >= 15 is 14.4 Å². The van der Waals surface area contributed by atoms with Crippen LogP contribution in [0.2, 0.25) is 0 Å². The lowest BCUT2D eigenvalue weighted by Gasteiger charge is -2.49. The van der Waals surface area contributed by atoms with Gasteiger partial charge in [-0.05, 0) is 74.2 Å². The highest BCUT2D eigenvalue weighted by molar-refractivity contribution is 6.20. The van der Waals surface area contributed by atoms with Gasteiger partial charge in [0.1, 0.15) is 17.5 Å². The lowest BCUT2D eigenvalue weighted by atomic mass is 9.60. The highest BCUT2D eigenvalue weighted by Crippen LogP contribution is 2.59. The predicted molar refractivity (Wildman–Crippen MR) is 190 cm³/mol. The molecule has 3 N–H and O–H groups in total. The third kappa shape index (κ3) is 5.36. The molecule has 0 aromatic heterocycles. The van der Waals surface area contributed by atoms with Crippen molar-refractivity contribution in [2.45, 2.75) is 75.9 Å². The fourth-order valence-electron chi connectivity index (χ4n) is 8.11. The van der Waals surface area contributed by atoms with Crippen LogP contribution in [-0.2, 0) is 15.2 Å². The first kappa shape index (κ1) is 33.5. The number of hydrogen-bond acceptors (Lipinski definition) is 7. The number of carbonyl (C=O) groups is 3. The van der Waals surface area contributed by atoms with Crippen molar-refractivity contribution >= 4 is 23.3 Å². The van der Waals surface area contributed by atoms with Crippen LogP contribution in [0.3, 0.4) is 0 Å². The summed E-state index contributed by atoms with van der Waals surface area (Å²) in [6.45, 7) is 3.79. The SMILES string of the molecule is COc1ccc([C@@]2(O)C(=O)N(c3ccccc3)[C@H](C(=O)NC3CCCCC3)[C@@]23C(=O)c2cc(C)ccc2O[C@@H]3N[C@@H](C)c2ccccc2)cc1. The molecule has 0 radical (unpaired) electrons. The van der Waals surface area contributed by atoms with Gasteiger partial charge in [0.05, 0.1) is 12.7 Å². The van der Waals surface area contributed by atoms with Crippen LogP contribution in [-0.4, -0.2) is 48.1 Å². The number of amides is 2. The smallest absolute Gasteiger partial charge is 0.265 e. The molecule has 7 rings (SSSR count). The molecule has 50 heavy (non-hydrogen) atoms. The average molecular weight is 674 g/mol. The summed E-state index contributed by atoms with van der Waals surface area (Å²) in [6.07, 6.45) is 3.24. The number of Topliss-reactive ketones (excluding diaryl/α,β-unsaturated/α-hetero) is 1. The molecule has 2 amide bonds. The second kappa shape index (κ2) is 13.4. The Hall–Kier alpha value is -4.99. The third-order valence-electron chi connectivity index (χ3n) is 10.7. The summed E-state index contributed by atoms with van der Waals surface area (Å²) in [5.74, 6) is -1.08. The maximum atomic E-state index is 15.7. The highest BCUT2D eigenvalue weighted by atomic mass is 16.5. The Kier molecular flexibility index (Phi) is 8.96. The number of aliphatic hydroxyl groups is 1. The summed E-state index contributed by atoms with van der Waals surface area (Å²) in [5, 5.41) is 20.2. The van der Waals surface area contributed by atoms with Crippen molar-refractivity contribution in [2.24, 2.45) is 5.41 Å². The lowest BCUT2D eigenvalue weighted by Crippen LogP contribution is -2.71. The quantitative estimate of drug-likeness (QED) is 0.210. The number of rotatable bonds is 8. The molecule has 5 atom stereocenters. The molecule has 2 heterocycles. The fourth-order valence-corrected chi connectivity index (χ4v) is 8.11. The maximum Gasteiger partial charge on any atom is 0.265 e. The Morgan fingerprint density at radius 3 is 2.24 bits per heavy atom. The normalized spacial score (nSPS) is 25.6. The first-order valence-electron chi connectivity index (χ1n) is 17.4. The summed E-state index contributed by atoms with van der Waals surface area (Å²) >= 11 is 0. The van der Waals surface area contributed by atoms with Gasteiger partial charge in [-0.25, -0.2) is 0 Å². The van der Waals surface area contributed by atoms with Crippen LogP contribution < -0.4 is 25.0 Å². The maximum absolute atomic E-state index is 15.7. The van der Waals surface area contributed by atoms with E-state index in [-0.39, 0.29) is 17.2 Å². The molecule has 0 bridgehead atoms. The van der Waals surface area contributed by atoms with Gasteiger partial charge in [0.25, 0.3) is 5.91 Å². The molecule has 258 valence electrons. The van der Waals surface area contributed by atoms with Gasteiger partial charge >= 0.3 is 0 Å². The third-order valence-corrected chi connectivity index (χ3v) is 10.7. The molecule has 1 aliphatic carbocycles. The molecule has 0 unspecified atom stereocenters. The number of nitrogens with one attached hydrogen (secondary N) is 2. The van der Waals surface area contributed by atoms with Crippen LogP contribution in [0.1, 0.15) is 72.1 Å². The standard InChI is InChI=1S/C41H43N3O6/c1-26-19-24-34-33(25-26)36(45)40(38(50-34)42-27(2)28-13-7-4-8-14-28)35(37(46)43-30-15-9-5-10-16-30)44(31-17-11-6-12-18-31)39(47)41(40,48)29-20-22-32(49-3)23-21-29/h4,6-8,11-14,17-25,27,30,35,38,42,48H,5,9-10,15-16H2,1-3H3,(H,43,46)/t27-,35+,38-,40-,41+/m0/s1. The van der Waals surface area contributed by atoms with Crippen molar-refractivity contribution in [3.05, 3.63) is 125 Å². The van der Waals surface area contributed by atoms with Gasteiger partial charge in [0, 0.05) is 17.8 Å². The largest absolute Gasteiger partial charge is 0.497 e. The first-order chi connectivity index (χ1) is 24.2. The zero-order valence-electron chi connectivity index (χ0n) is 28.6. The summed E-state index contributed by atoms with van der Waals surface area (Å²) in [7, 11) is 1.53. The Morgan fingerprint density at radius 1 is 0.920 bits per heavy atom. The van der Waals surface area contributed by atoms with Crippen molar-refractivity contribution in [2.75, 3.05) is 12.0 Å². The number of ether oxygens (including phenoxy) is 2. The molecule has 1 saturated carbocycles. The number of nitrogens with zero attached hydrogens (tertiary/aromatic N) is 1. The Bertz CT molecular complexity index is 1880. The summed E-state index contributed by atoms with van der Waals surface area (Å²) in [6, 6.07) is 28.1. The van der Waals surface area contributed by atoms with E-state index in [4.69, 9.17) is 9.47 Å². The second-order valence-corrected chi connectivity index (χ2v) is 13.7. The lowest BCUT2D eigenvalue weighted by molar-refractivity contribution is -0.157. The van der Waals surface area contributed by atoms with Gasteiger partial charge in [-0.3, -0.25) is 24.6 Å². The number of carbonyl (C=O) groups excluding carboxylic acids is 3. The Morgan fingerprint density at radius 2 is 1.58 bits per heavy atom. The predicted octanol–water partition coefficient (Wildman–Crippen LogP) is 5.99. The minimum atomic E-state index is -2.57. The topological polar surface area (TPSA) is 117 Å². The molecule has 3 aliphatic rings. The molecule has 9 nitrogen and oxygen atoms in total. The Balaban J connectivity index is 1.52. The van der Waals surface area contributed by atoms with Crippen molar-refractivity contribution in [1.29, 1.82) is 0 Å². The molecular weight excluding hydrogens is 630 g/mol. The van der Waals surface area contributed by atoms with E-state index < -0.39 is 46.9 Å². The van der Waals surface area contributed by atoms with Crippen LogP contribution in [0, 0.1) is 12.3 Å². The van der Waals surface area contributed by atoms with Crippen molar-refractivity contribution in [1.82, 2.24) is 10.6 Å². The zero-order chi connectivity index (χ0) is 35.0. The second-order valence-electron chi connectivity index (χ2n) is 13.7. The van der Waals surface area contributed by atoms with Gasteiger partial charge in [-0.1, -0.05) is 91.6 Å². The van der Waals surface area contributed by atoms with Crippen LogP contribution in [0.25, 0.3) is 0 Å². The van der Waals surface area contributed by atoms with E-state index in [1.54, 1.807) is 60.7 Å². The van der Waals surface area contributed by atoms with E-state index in [1.165, 1.54) is 12.0 Å². The number of benzene rings is 4. The summed E-state index contributed by atoms with van der Waals surface area (Å²) in [4.78, 5) is 47.4. The van der Waals surface area contributed by atoms with E-state index in [0.717, 1.165) is 43.2 Å². The molecule has 2 fully saturated rings. The van der Waals surface area contributed by atoms with Crippen molar-refractivity contribution < 1.29 is 29.0 Å². The molecule has 2 aliphatic heterocycles. The van der Waals surface area contributed by atoms with E-state index in [1.807, 2.05) is 56.3 Å². The van der Waals surface area contributed by atoms with Gasteiger partial charge in [0.2, 0.25) is 5.91 Å². The highest BCUT2D eigenvalue weighted by Gasteiger charge is 2.80. The Labute approximate surface area is 292 Å². The molecule has 4 aromatic carbocycles. The molecule has 1 spiro atoms. The molecule has 9 heteroatoms. The molecular formula is C41H43N3O6. The number of aryl methyl sites for hydroxylation is 1. The number of anilines is 1. The van der Waals surface area contributed by atoms with Crippen molar-refractivity contribution in [3.63, 3.8) is 0 Å². The van der Waals surface area contributed by atoms with Crippen LogP contribution in [0.5, 0.6) is 11.5 Å². The average Bonchev–Trinajstić information content (AvgIpc) is 3.36. The minimum absolute atomic E-state index is 0.139. The van der Waals surface area contributed by atoms with E-state index in [2.05, 4.69) is 10.6 Å². The molecule has 4 aromatic rings.